The van der Waals surface area contributed by atoms with Crippen LogP contribution in [0.15, 0.2) is 81.7 Å². The second kappa shape index (κ2) is 12.8. The second-order valence-corrected chi connectivity index (χ2v) is 13.7. The minimum absolute atomic E-state index is 0.202. The Bertz CT molecular complexity index is 1770. The van der Waals surface area contributed by atoms with Crippen molar-refractivity contribution in [2.24, 2.45) is 0 Å². The summed E-state index contributed by atoms with van der Waals surface area (Å²) in [5, 5.41) is 8.86. The predicted octanol–water partition coefficient (Wildman–Crippen LogP) is 1.73. The van der Waals surface area contributed by atoms with E-state index in [-0.39, 0.29) is 10.5 Å². The number of hydrogen-bond donors (Lipinski definition) is 3. The van der Waals surface area contributed by atoms with E-state index in [0.29, 0.717) is 54.9 Å². The van der Waals surface area contributed by atoms with Crippen LogP contribution in [-0.4, -0.2) is 87.8 Å². The van der Waals surface area contributed by atoms with Gasteiger partial charge in [-0.05, 0) is 56.3 Å². The van der Waals surface area contributed by atoms with E-state index in [1.165, 1.54) is 10.5 Å². The highest BCUT2D eigenvalue weighted by atomic mass is 32.2. The summed E-state index contributed by atoms with van der Waals surface area (Å²) in [6, 6.07) is 13.5. The third kappa shape index (κ3) is 6.35. The van der Waals surface area contributed by atoms with Gasteiger partial charge in [-0.15, -0.1) is 0 Å². The molecule has 2 aromatic heterocycles. The average Bonchev–Trinajstić information content (AvgIpc) is 3.44. The molecule has 2 aliphatic heterocycles. The average molecular weight is 599 g/mol. The summed E-state index contributed by atoms with van der Waals surface area (Å²) in [6.07, 6.45) is 6.42. The Labute approximate surface area is 239 Å². The summed E-state index contributed by atoms with van der Waals surface area (Å²) in [6.45, 7) is 5.06. The molecule has 0 amide bonds. The van der Waals surface area contributed by atoms with Gasteiger partial charge in [0.1, 0.15) is 0 Å². The summed E-state index contributed by atoms with van der Waals surface area (Å²) >= 11 is 0. The number of rotatable bonds is 4. The lowest BCUT2D eigenvalue weighted by Crippen LogP contribution is -2.34. The van der Waals surface area contributed by atoms with Crippen molar-refractivity contribution in [2.75, 3.05) is 52.4 Å². The Morgan fingerprint density at radius 1 is 0.659 bits per heavy atom. The first kappa shape index (κ1) is 29.3. The molecule has 41 heavy (non-hydrogen) atoms. The zero-order valence-corrected chi connectivity index (χ0v) is 24.3. The number of aromatic nitrogens is 2. The van der Waals surface area contributed by atoms with Crippen molar-refractivity contribution >= 4 is 41.6 Å². The molecule has 0 bridgehead atoms. The minimum atomic E-state index is -3.59. The summed E-state index contributed by atoms with van der Waals surface area (Å²) < 4.78 is 54.4. The van der Waals surface area contributed by atoms with Gasteiger partial charge in [0.05, 0.1) is 9.79 Å². The lowest BCUT2D eigenvalue weighted by atomic mass is 10.2. The van der Waals surface area contributed by atoms with Crippen molar-refractivity contribution in [2.45, 2.75) is 22.6 Å². The van der Waals surface area contributed by atoms with E-state index in [0.717, 1.165) is 36.7 Å². The molecule has 0 spiro atoms. The van der Waals surface area contributed by atoms with Gasteiger partial charge in [-0.1, -0.05) is 18.2 Å². The van der Waals surface area contributed by atoms with E-state index in [4.69, 9.17) is 0 Å². The molecule has 3 N–H and O–H groups in total. The monoisotopic (exact) mass is 598 g/mol. The number of nitrogens with one attached hydrogen (secondary N) is 3. The zero-order chi connectivity index (χ0) is 28.9. The molecule has 0 aliphatic carbocycles. The molecular formula is C28H34N6O5S2. The van der Waals surface area contributed by atoms with Gasteiger partial charge in [-0.2, -0.15) is 8.61 Å². The smallest absolute Gasteiger partial charge is 0.255 e. The first-order valence-corrected chi connectivity index (χ1v) is 16.5. The molecule has 2 aliphatic rings. The Hall–Kier alpha value is -3.20. The van der Waals surface area contributed by atoms with Gasteiger partial charge in [-0.3, -0.25) is 9.78 Å². The van der Waals surface area contributed by atoms with Crippen molar-refractivity contribution in [1.82, 2.24) is 29.2 Å². The lowest BCUT2D eigenvalue weighted by molar-refractivity contribution is 0.432. The van der Waals surface area contributed by atoms with E-state index in [1.807, 2.05) is 6.07 Å². The minimum Gasteiger partial charge on any atom is -0.329 e. The third-order valence-corrected chi connectivity index (χ3v) is 11.2. The van der Waals surface area contributed by atoms with Crippen LogP contribution in [0.3, 0.4) is 0 Å². The van der Waals surface area contributed by atoms with Crippen molar-refractivity contribution < 1.29 is 16.8 Å². The first-order valence-electron chi connectivity index (χ1n) is 13.6. The fraction of sp³-hybridized carbons (Fsp3) is 0.357. The van der Waals surface area contributed by atoms with Crippen LogP contribution in [0.4, 0.5) is 0 Å². The molecule has 6 rings (SSSR count). The molecule has 0 saturated carbocycles. The maximum atomic E-state index is 12.9. The second-order valence-electron chi connectivity index (χ2n) is 9.89. The molecule has 0 unspecified atom stereocenters. The van der Waals surface area contributed by atoms with Gasteiger partial charge in [0.15, 0.2) is 0 Å². The number of fused-ring (bicyclic) bond motifs is 2. The van der Waals surface area contributed by atoms with Crippen LogP contribution in [0.1, 0.15) is 12.8 Å². The van der Waals surface area contributed by atoms with Crippen LogP contribution in [0.5, 0.6) is 0 Å². The molecule has 0 atom stereocenters. The van der Waals surface area contributed by atoms with Gasteiger partial charge in [0.25, 0.3) is 5.56 Å². The SMILES string of the molecule is O=S(=O)(c1cccc2cnccc12)N1CCCNCC1.O=c1[nH]ccc2c(S(=O)(=O)N3CCCNCC3)cccc12. The van der Waals surface area contributed by atoms with Crippen LogP contribution in [-0.2, 0) is 20.0 Å². The van der Waals surface area contributed by atoms with Gasteiger partial charge in [-0.25, -0.2) is 16.8 Å². The fourth-order valence-electron chi connectivity index (χ4n) is 5.14. The normalized spacial score (nSPS) is 17.9. The van der Waals surface area contributed by atoms with Crippen LogP contribution in [0.25, 0.3) is 21.5 Å². The molecule has 2 aromatic carbocycles. The Kier molecular flexibility index (Phi) is 9.12. The Morgan fingerprint density at radius 2 is 1.27 bits per heavy atom. The number of H-pyrrole nitrogens is 1. The van der Waals surface area contributed by atoms with Gasteiger partial charge in [0.2, 0.25) is 20.0 Å². The molecular weight excluding hydrogens is 564 g/mol. The van der Waals surface area contributed by atoms with E-state index < -0.39 is 20.0 Å². The third-order valence-electron chi connectivity index (χ3n) is 7.25. The van der Waals surface area contributed by atoms with Crippen LogP contribution in [0.2, 0.25) is 0 Å². The summed E-state index contributed by atoms with van der Waals surface area (Å²) in [4.78, 5) is 19.0. The maximum absolute atomic E-state index is 12.9. The summed E-state index contributed by atoms with van der Waals surface area (Å²) in [5.41, 5.74) is -0.276. The molecule has 0 radical (unpaired) electrons. The van der Waals surface area contributed by atoms with Crippen LogP contribution < -0.4 is 16.2 Å². The highest BCUT2D eigenvalue weighted by Crippen LogP contribution is 2.26. The number of aromatic amines is 1. The molecule has 2 saturated heterocycles. The highest BCUT2D eigenvalue weighted by Gasteiger charge is 2.28. The molecule has 4 aromatic rings. The molecule has 11 nitrogen and oxygen atoms in total. The molecule has 2 fully saturated rings. The molecule has 13 heteroatoms. The predicted molar refractivity (Wildman–Crippen MR) is 159 cm³/mol. The molecule has 4 heterocycles. The number of hydrogen-bond acceptors (Lipinski definition) is 8. The highest BCUT2D eigenvalue weighted by molar-refractivity contribution is 7.89. The van der Waals surface area contributed by atoms with Crippen LogP contribution >= 0.6 is 0 Å². The van der Waals surface area contributed by atoms with Gasteiger partial charge >= 0.3 is 0 Å². The lowest BCUT2D eigenvalue weighted by Gasteiger charge is -2.20. The number of pyridine rings is 2. The van der Waals surface area contributed by atoms with E-state index in [9.17, 15) is 21.6 Å². The zero-order valence-electron chi connectivity index (χ0n) is 22.6. The largest absolute Gasteiger partial charge is 0.329 e. The maximum Gasteiger partial charge on any atom is 0.255 e. The quantitative estimate of drug-likeness (QED) is 0.322. The van der Waals surface area contributed by atoms with Crippen molar-refractivity contribution in [3.05, 3.63) is 77.5 Å². The van der Waals surface area contributed by atoms with Gasteiger partial charge < -0.3 is 15.6 Å². The van der Waals surface area contributed by atoms with E-state index >= 15 is 0 Å². The standard InChI is InChI=1S/C14H17N3O3S.C14H17N3O2S/c18-14-12-3-1-4-13(11(12)5-7-16-14)21(19,20)17-9-2-6-15-8-10-17;18-20(19,17-9-2-6-15-8-10-17)14-4-1-3-12-11-16-7-5-13(12)14/h1,3-5,7,15H,2,6,8-10H2,(H,16,18);1,3-5,7,11,15H,2,6,8-10H2. The summed E-state index contributed by atoms with van der Waals surface area (Å²) in [5.74, 6) is 0. The van der Waals surface area contributed by atoms with E-state index in [1.54, 1.807) is 59.2 Å². The number of benzene rings is 2. The van der Waals surface area contributed by atoms with Crippen molar-refractivity contribution in [3.63, 3.8) is 0 Å². The van der Waals surface area contributed by atoms with Crippen LogP contribution in [0, 0.1) is 0 Å². The van der Waals surface area contributed by atoms with E-state index in [2.05, 4.69) is 20.6 Å². The Balaban J connectivity index is 0.000000165. The number of sulfonamides is 2. The van der Waals surface area contributed by atoms with Crippen molar-refractivity contribution in [3.8, 4) is 0 Å². The fourth-order valence-corrected chi connectivity index (χ4v) is 8.52. The first-order chi connectivity index (χ1) is 19.8. The van der Waals surface area contributed by atoms with Crippen molar-refractivity contribution in [1.29, 1.82) is 0 Å². The summed E-state index contributed by atoms with van der Waals surface area (Å²) in [7, 11) is -7.03. The molecule has 218 valence electrons. The topological polar surface area (TPSA) is 145 Å². The number of nitrogens with zero attached hydrogens (tertiary/aromatic N) is 3. The Morgan fingerprint density at radius 3 is 1.93 bits per heavy atom. The van der Waals surface area contributed by atoms with Gasteiger partial charge in [0, 0.05) is 79.4 Å².